The van der Waals surface area contributed by atoms with Gasteiger partial charge in [0, 0.05) is 24.8 Å². The minimum atomic E-state index is 0.222. The Bertz CT molecular complexity index is 218. The second-order valence-electron chi connectivity index (χ2n) is 2.63. The van der Waals surface area contributed by atoms with E-state index < -0.39 is 0 Å². The molecule has 0 saturated heterocycles. The number of nitrogens with zero attached hydrogens (tertiary/aromatic N) is 2. The molecule has 1 aromatic heterocycles. The largest absolute Gasteiger partial charge is 0.396 e. The Hall–Kier alpha value is -0.610. The van der Waals surface area contributed by atoms with Gasteiger partial charge in [0.1, 0.15) is 0 Å². The van der Waals surface area contributed by atoms with Crippen molar-refractivity contribution < 1.29 is 5.11 Å². The zero-order chi connectivity index (χ0) is 8.81. The van der Waals surface area contributed by atoms with E-state index in [2.05, 4.69) is 9.97 Å². The van der Waals surface area contributed by atoms with E-state index in [1.807, 2.05) is 6.92 Å². The normalized spacial score (nSPS) is 12.8. The second-order valence-corrected chi connectivity index (χ2v) is 3.62. The van der Waals surface area contributed by atoms with Gasteiger partial charge in [-0.2, -0.15) is 0 Å². The first-order chi connectivity index (χ1) is 5.83. The quantitative estimate of drug-likeness (QED) is 0.564. The Morgan fingerprint density at radius 3 is 2.75 bits per heavy atom. The molecular weight excluding hydrogens is 172 g/mol. The van der Waals surface area contributed by atoms with Gasteiger partial charge in [0.05, 0.1) is 0 Å². The first-order valence-electron chi connectivity index (χ1n) is 3.83. The van der Waals surface area contributed by atoms with Gasteiger partial charge in [-0.05, 0) is 12.0 Å². The SMILES string of the molecule is CC(CO)CSc1ncccn1. The molecule has 1 rings (SSSR count). The smallest absolute Gasteiger partial charge is 0.187 e. The summed E-state index contributed by atoms with van der Waals surface area (Å²) in [6, 6.07) is 1.79. The molecule has 66 valence electrons. The van der Waals surface area contributed by atoms with Crippen LogP contribution in [-0.4, -0.2) is 27.4 Å². The van der Waals surface area contributed by atoms with Crippen LogP contribution in [0.15, 0.2) is 23.6 Å². The molecule has 0 aliphatic heterocycles. The maximum atomic E-state index is 8.76. The summed E-state index contributed by atoms with van der Waals surface area (Å²) in [5.41, 5.74) is 0. The lowest BCUT2D eigenvalue weighted by Crippen LogP contribution is -2.03. The van der Waals surface area contributed by atoms with Gasteiger partial charge >= 0.3 is 0 Å². The molecule has 0 aromatic carbocycles. The summed E-state index contributed by atoms with van der Waals surface area (Å²) >= 11 is 1.57. The van der Waals surface area contributed by atoms with Crippen molar-refractivity contribution in [2.75, 3.05) is 12.4 Å². The zero-order valence-corrected chi connectivity index (χ0v) is 7.79. The zero-order valence-electron chi connectivity index (χ0n) is 6.97. The maximum Gasteiger partial charge on any atom is 0.187 e. The molecule has 0 fully saturated rings. The Morgan fingerprint density at radius 1 is 1.50 bits per heavy atom. The average Bonchev–Trinajstić information content (AvgIpc) is 2.16. The van der Waals surface area contributed by atoms with E-state index in [0.29, 0.717) is 5.92 Å². The third-order valence-corrected chi connectivity index (χ3v) is 2.56. The van der Waals surface area contributed by atoms with Crippen LogP contribution in [0.1, 0.15) is 6.92 Å². The molecule has 1 atom stereocenters. The summed E-state index contributed by atoms with van der Waals surface area (Å²) in [5, 5.41) is 9.53. The number of thioether (sulfide) groups is 1. The summed E-state index contributed by atoms with van der Waals surface area (Å²) in [4.78, 5) is 8.11. The van der Waals surface area contributed by atoms with E-state index in [9.17, 15) is 0 Å². The molecule has 0 aliphatic carbocycles. The van der Waals surface area contributed by atoms with Crippen LogP contribution in [0.25, 0.3) is 0 Å². The summed E-state index contributed by atoms with van der Waals surface area (Å²) in [6.45, 7) is 2.22. The lowest BCUT2D eigenvalue weighted by Gasteiger charge is -2.04. The fraction of sp³-hybridized carbons (Fsp3) is 0.500. The van der Waals surface area contributed by atoms with Crippen LogP contribution in [0, 0.1) is 5.92 Å². The highest BCUT2D eigenvalue weighted by Crippen LogP contribution is 2.14. The number of aliphatic hydroxyl groups excluding tert-OH is 1. The first kappa shape index (κ1) is 9.48. The van der Waals surface area contributed by atoms with E-state index in [1.54, 1.807) is 30.2 Å². The molecule has 1 unspecified atom stereocenters. The number of hydrogen-bond acceptors (Lipinski definition) is 4. The van der Waals surface area contributed by atoms with Gasteiger partial charge in [-0.1, -0.05) is 18.7 Å². The van der Waals surface area contributed by atoms with Crippen LogP contribution in [0.5, 0.6) is 0 Å². The standard InChI is InChI=1S/C8H12N2OS/c1-7(5-11)6-12-8-9-3-2-4-10-8/h2-4,7,11H,5-6H2,1H3. The molecule has 1 N–H and O–H groups in total. The molecule has 0 amide bonds. The summed E-state index contributed by atoms with van der Waals surface area (Å²) in [5.74, 6) is 1.17. The van der Waals surface area contributed by atoms with Crippen molar-refractivity contribution in [2.24, 2.45) is 5.92 Å². The van der Waals surface area contributed by atoms with Crippen molar-refractivity contribution >= 4 is 11.8 Å². The summed E-state index contributed by atoms with van der Waals surface area (Å²) in [7, 11) is 0. The number of hydrogen-bond donors (Lipinski definition) is 1. The summed E-state index contributed by atoms with van der Waals surface area (Å²) in [6.07, 6.45) is 3.44. The van der Waals surface area contributed by atoms with E-state index in [1.165, 1.54) is 0 Å². The lowest BCUT2D eigenvalue weighted by atomic mass is 10.2. The molecule has 0 bridgehead atoms. The van der Waals surface area contributed by atoms with Gasteiger partial charge in [-0.25, -0.2) is 9.97 Å². The third kappa shape index (κ3) is 3.19. The topological polar surface area (TPSA) is 46.0 Å². The highest BCUT2D eigenvalue weighted by molar-refractivity contribution is 7.99. The van der Waals surface area contributed by atoms with Crippen molar-refractivity contribution in [1.29, 1.82) is 0 Å². The second kappa shape index (κ2) is 5.11. The van der Waals surface area contributed by atoms with Crippen molar-refractivity contribution in [3.05, 3.63) is 18.5 Å². The fourth-order valence-electron chi connectivity index (χ4n) is 0.629. The van der Waals surface area contributed by atoms with Crippen LogP contribution in [0.2, 0.25) is 0 Å². The number of rotatable bonds is 4. The van der Waals surface area contributed by atoms with Crippen molar-refractivity contribution in [3.8, 4) is 0 Å². The molecular formula is C8H12N2OS. The van der Waals surface area contributed by atoms with E-state index >= 15 is 0 Å². The predicted octanol–water partition coefficient (Wildman–Crippen LogP) is 1.20. The molecule has 3 nitrogen and oxygen atoms in total. The first-order valence-corrected chi connectivity index (χ1v) is 4.82. The lowest BCUT2D eigenvalue weighted by molar-refractivity contribution is 0.250. The highest BCUT2D eigenvalue weighted by atomic mass is 32.2. The molecule has 0 radical (unpaired) electrons. The Balaban J connectivity index is 2.33. The summed E-state index contributed by atoms with van der Waals surface area (Å²) < 4.78 is 0. The molecule has 0 spiro atoms. The highest BCUT2D eigenvalue weighted by Gasteiger charge is 2.01. The van der Waals surface area contributed by atoms with Crippen molar-refractivity contribution in [3.63, 3.8) is 0 Å². The Labute approximate surface area is 76.2 Å². The fourth-order valence-corrected chi connectivity index (χ4v) is 1.44. The van der Waals surface area contributed by atoms with Crippen molar-refractivity contribution in [2.45, 2.75) is 12.1 Å². The van der Waals surface area contributed by atoms with Gasteiger partial charge < -0.3 is 5.11 Å². The Morgan fingerprint density at radius 2 is 2.17 bits per heavy atom. The van der Waals surface area contributed by atoms with Gasteiger partial charge in [0.2, 0.25) is 0 Å². The van der Waals surface area contributed by atoms with E-state index in [4.69, 9.17) is 5.11 Å². The van der Waals surface area contributed by atoms with Gasteiger partial charge in [0.15, 0.2) is 5.16 Å². The molecule has 0 saturated carbocycles. The Kier molecular flexibility index (Phi) is 4.04. The van der Waals surface area contributed by atoms with Gasteiger partial charge in [-0.15, -0.1) is 0 Å². The minimum absolute atomic E-state index is 0.222. The van der Waals surface area contributed by atoms with E-state index in [-0.39, 0.29) is 6.61 Å². The molecule has 1 aromatic rings. The van der Waals surface area contributed by atoms with E-state index in [0.717, 1.165) is 10.9 Å². The van der Waals surface area contributed by atoms with Crippen LogP contribution < -0.4 is 0 Å². The number of aromatic nitrogens is 2. The van der Waals surface area contributed by atoms with Crippen LogP contribution in [0.4, 0.5) is 0 Å². The van der Waals surface area contributed by atoms with Crippen LogP contribution in [-0.2, 0) is 0 Å². The van der Waals surface area contributed by atoms with Crippen molar-refractivity contribution in [1.82, 2.24) is 9.97 Å². The van der Waals surface area contributed by atoms with Gasteiger partial charge in [0.25, 0.3) is 0 Å². The van der Waals surface area contributed by atoms with Crippen LogP contribution in [0.3, 0.4) is 0 Å². The number of aliphatic hydroxyl groups is 1. The van der Waals surface area contributed by atoms with Gasteiger partial charge in [-0.3, -0.25) is 0 Å². The molecule has 0 aliphatic rings. The van der Waals surface area contributed by atoms with Crippen LogP contribution >= 0.6 is 11.8 Å². The maximum absolute atomic E-state index is 8.76. The predicted molar refractivity (Wildman–Crippen MR) is 49.0 cm³/mol. The molecule has 4 heteroatoms. The average molecular weight is 184 g/mol. The third-order valence-electron chi connectivity index (χ3n) is 1.35. The monoisotopic (exact) mass is 184 g/mol. The molecule has 12 heavy (non-hydrogen) atoms. The molecule has 1 heterocycles. The minimum Gasteiger partial charge on any atom is -0.396 e.